The summed E-state index contributed by atoms with van der Waals surface area (Å²) < 4.78 is 9.71. The van der Waals surface area contributed by atoms with Crippen molar-refractivity contribution in [3.63, 3.8) is 0 Å². The number of ether oxygens (including phenoxy) is 2. The van der Waals surface area contributed by atoms with E-state index in [9.17, 15) is 4.79 Å². The maximum Gasteiger partial charge on any atom is 0.305 e. The van der Waals surface area contributed by atoms with E-state index in [2.05, 4.69) is 10.1 Å². The highest BCUT2D eigenvalue weighted by atomic mass is 16.5. The summed E-state index contributed by atoms with van der Waals surface area (Å²) in [4.78, 5) is 10.9. The first-order valence-corrected chi connectivity index (χ1v) is 5.62. The molecule has 1 N–H and O–H groups in total. The van der Waals surface area contributed by atoms with Gasteiger partial charge in [0.25, 0.3) is 0 Å². The van der Waals surface area contributed by atoms with E-state index in [-0.39, 0.29) is 5.97 Å². The fourth-order valence-corrected chi connectivity index (χ4v) is 1.52. The summed E-state index contributed by atoms with van der Waals surface area (Å²) in [7, 11) is 3.06. The Balaban J connectivity index is 2.39. The molecule has 0 atom stereocenters. The molecule has 0 aliphatic heterocycles. The third-order valence-electron chi connectivity index (χ3n) is 2.53. The minimum Gasteiger partial charge on any atom is -0.497 e. The highest BCUT2D eigenvalue weighted by Crippen LogP contribution is 2.20. The molecule has 1 aromatic carbocycles. The van der Waals surface area contributed by atoms with E-state index in [1.165, 1.54) is 7.11 Å². The number of aryl methyl sites for hydroxylation is 1. The Kier molecular flexibility index (Phi) is 5.33. The van der Waals surface area contributed by atoms with Crippen LogP contribution in [0.25, 0.3) is 0 Å². The van der Waals surface area contributed by atoms with Gasteiger partial charge in [-0.05, 0) is 37.1 Å². The normalized spacial score (nSPS) is 9.82. The van der Waals surface area contributed by atoms with E-state index in [0.29, 0.717) is 6.42 Å². The second kappa shape index (κ2) is 6.78. The molecule has 94 valence electrons. The summed E-state index contributed by atoms with van der Waals surface area (Å²) in [5.41, 5.74) is 2.19. The molecular weight excluding hydrogens is 218 g/mol. The van der Waals surface area contributed by atoms with Crippen LogP contribution in [0.1, 0.15) is 18.4 Å². The third kappa shape index (κ3) is 4.34. The first-order chi connectivity index (χ1) is 8.17. The van der Waals surface area contributed by atoms with Crippen molar-refractivity contribution < 1.29 is 14.3 Å². The number of carbonyl (C=O) groups is 1. The van der Waals surface area contributed by atoms with Gasteiger partial charge in [-0.15, -0.1) is 0 Å². The van der Waals surface area contributed by atoms with Crippen LogP contribution < -0.4 is 10.1 Å². The van der Waals surface area contributed by atoms with Crippen LogP contribution in [0, 0.1) is 6.92 Å². The number of esters is 1. The largest absolute Gasteiger partial charge is 0.497 e. The van der Waals surface area contributed by atoms with Gasteiger partial charge in [-0.25, -0.2) is 0 Å². The zero-order chi connectivity index (χ0) is 12.7. The van der Waals surface area contributed by atoms with Crippen LogP contribution in [0.2, 0.25) is 0 Å². The highest BCUT2D eigenvalue weighted by Gasteiger charge is 2.01. The van der Waals surface area contributed by atoms with Gasteiger partial charge in [0.2, 0.25) is 0 Å². The molecule has 0 spiro atoms. The predicted octanol–water partition coefficient (Wildman–Crippen LogP) is 2.37. The number of carbonyl (C=O) groups excluding carboxylic acids is 1. The van der Waals surface area contributed by atoms with Gasteiger partial charge in [0.15, 0.2) is 0 Å². The molecule has 0 saturated heterocycles. The Labute approximate surface area is 102 Å². The van der Waals surface area contributed by atoms with Gasteiger partial charge >= 0.3 is 5.97 Å². The van der Waals surface area contributed by atoms with Gasteiger partial charge in [0, 0.05) is 18.7 Å². The Morgan fingerprint density at radius 1 is 1.35 bits per heavy atom. The zero-order valence-corrected chi connectivity index (χ0v) is 10.6. The lowest BCUT2D eigenvalue weighted by Crippen LogP contribution is -2.07. The first-order valence-electron chi connectivity index (χ1n) is 5.62. The number of hydrogen-bond donors (Lipinski definition) is 1. The van der Waals surface area contributed by atoms with Gasteiger partial charge in [-0.2, -0.15) is 0 Å². The smallest absolute Gasteiger partial charge is 0.305 e. The number of hydrogen-bond acceptors (Lipinski definition) is 4. The van der Waals surface area contributed by atoms with Crippen molar-refractivity contribution in [2.24, 2.45) is 0 Å². The summed E-state index contributed by atoms with van der Waals surface area (Å²) in [6.07, 6.45) is 1.21. The predicted molar refractivity (Wildman–Crippen MR) is 67.5 cm³/mol. The molecule has 0 aliphatic rings. The van der Waals surface area contributed by atoms with Crippen LogP contribution in [0.15, 0.2) is 18.2 Å². The van der Waals surface area contributed by atoms with Crippen LogP contribution in [0.5, 0.6) is 5.75 Å². The van der Waals surface area contributed by atoms with E-state index >= 15 is 0 Å². The summed E-state index contributed by atoms with van der Waals surface area (Å²) >= 11 is 0. The minimum absolute atomic E-state index is 0.168. The van der Waals surface area contributed by atoms with E-state index in [0.717, 1.165) is 30.0 Å². The lowest BCUT2D eigenvalue weighted by molar-refractivity contribution is -0.140. The average molecular weight is 237 g/mol. The van der Waals surface area contributed by atoms with E-state index < -0.39 is 0 Å². The molecule has 4 heteroatoms. The first kappa shape index (κ1) is 13.4. The van der Waals surface area contributed by atoms with Crippen LogP contribution in [0.3, 0.4) is 0 Å². The molecule has 17 heavy (non-hydrogen) atoms. The molecule has 0 saturated carbocycles. The van der Waals surface area contributed by atoms with Gasteiger partial charge < -0.3 is 14.8 Å². The fourth-order valence-electron chi connectivity index (χ4n) is 1.52. The quantitative estimate of drug-likeness (QED) is 0.609. The fraction of sp³-hybridized carbons (Fsp3) is 0.462. The van der Waals surface area contributed by atoms with E-state index in [1.807, 2.05) is 25.1 Å². The van der Waals surface area contributed by atoms with Crippen molar-refractivity contribution in [1.82, 2.24) is 0 Å². The molecule has 0 aliphatic carbocycles. The Morgan fingerprint density at radius 2 is 2.12 bits per heavy atom. The lowest BCUT2D eigenvalue weighted by atomic mass is 10.2. The molecule has 0 heterocycles. The number of methoxy groups -OCH3 is 2. The van der Waals surface area contributed by atoms with Crippen molar-refractivity contribution in [2.75, 3.05) is 26.1 Å². The monoisotopic (exact) mass is 237 g/mol. The van der Waals surface area contributed by atoms with Crippen molar-refractivity contribution >= 4 is 11.7 Å². The molecule has 0 bridgehead atoms. The van der Waals surface area contributed by atoms with Crippen molar-refractivity contribution in [1.29, 1.82) is 0 Å². The number of nitrogens with one attached hydrogen (secondary N) is 1. The van der Waals surface area contributed by atoms with Crippen molar-refractivity contribution in [3.8, 4) is 5.75 Å². The van der Waals surface area contributed by atoms with E-state index in [1.54, 1.807) is 7.11 Å². The molecule has 4 nitrogen and oxygen atoms in total. The highest BCUT2D eigenvalue weighted by molar-refractivity contribution is 5.69. The summed E-state index contributed by atoms with van der Waals surface area (Å²) in [6, 6.07) is 5.87. The van der Waals surface area contributed by atoms with Crippen LogP contribution >= 0.6 is 0 Å². The standard InChI is InChI=1S/C13H19NO3/c1-10-9-11(16-2)6-7-12(10)14-8-4-5-13(15)17-3/h6-7,9,14H,4-5,8H2,1-3H3. The molecule has 0 amide bonds. The minimum atomic E-state index is -0.168. The summed E-state index contributed by atoms with van der Waals surface area (Å²) in [5.74, 6) is 0.681. The van der Waals surface area contributed by atoms with Gasteiger partial charge in [-0.3, -0.25) is 4.79 Å². The summed E-state index contributed by atoms with van der Waals surface area (Å²) in [5, 5.41) is 3.28. The molecule has 0 radical (unpaired) electrons. The second-order valence-corrected chi connectivity index (χ2v) is 3.79. The zero-order valence-electron chi connectivity index (χ0n) is 10.6. The lowest BCUT2D eigenvalue weighted by Gasteiger charge is -2.10. The number of benzene rings is 1. The average Bonchev–Trinajstić information content (AvgIpc) is 2.35. The molecule has 1 rings (SSSR count). The van der Waals surface area contributed by atoms with Crippen LogP contribution in [-0.4, -0.2) is 26.7 Å². The molecule has 0 fully saturated rings. The van der Waals surface area contributed by atoms with Gasteiger partial charge in [0.05, 0.1) is 14.2 Å². The molecule has 1 aromatic rings. The Hall–Kier alpha value is -1.71. The maximum atomic E-state index is 10.9. The topological polar surface area (TPSA) is 47.6 Å². The van der Waals surface area contributed by atoms with Crippen LogP contribution in [-0.2, 0) is 9.53 Å². The molecule has 0 aromatic heterocycles. The maximum absolute atomic E-state index is 10.9. The van der Waals surface area contributed by atoms with Gasteiger partial charge in [0.1, 0.15) is 5.75 Å². The SMILES string of the molecule is COC(=O)CCCNc1ccc(OC)cc1C. The molecular formula is C13H19NO3. The second-order valence-electron chi connectivity index (χ2n) is 3.79. The van der Waals surface area contributed by atoms with Crippen molar-refractivity contribution in [2.45, 2.75) is 19.8 Å². The third-order valence-corrected chi connectivity index (χ3v) is 2.53. The summed E-state index contributed by atoms with van der Waals surface area (Å²) in [6.45, 7) is 2.77. The van der Waals surface area contributed by atoms with Crippen molar-refractivity contribution in [3.05, 3.63) is 23.8 Å². The Morgan fingerprint density at radius 3 is 2.71 bits per heavy atom. The number of anilines is 1. The van der Waals surface area contributed by atoms with Gasteiger partial charge in [-0.1, -0.05) is 0 Å². The molecule has 0 unspecified atom stereocenters. The Bertz CT molecular complexity index is 377. The van der Waals surface area contributed by atoms with Crippen LogP contribution in [0.4, 0.5) is 5.69 Å². The van der Waals surface area contributed by atoms with E-state index in [4.69, 9.17) is 4.74 Å². The number of rotatable bonds is 6.